The van der Waals surface area contributed by atoms with Crippen LogP contribution in [0.5, 0.6) is 11.5 Å². The van der Waals surface area contributed by atoms with E-state index in [4.69, 9.17) is 15.2 Å². The predicted molar refractivity (Wildman–Crippen MR) is 85.9 cm³/mol. The summed E-state index contributed by atoms with van der Waals surface area (Å²) in [4.78, 5) is 0. The Hall–Kier alpha value is -2.00. The van der Waals surface area contributed by atoms with Gasteiger partial charge in [0, 0.05) is 12.0 Å². The van der Waals surface area contributed by atoms with Gasteiger partial charge >= 0.3 is 0 Å². The van der Waals surface area contributed by atoms with E-state index in [-0.39, 0.29) is 12.0 Å². The van der Waals surface area contributed by atoms with Crippen molar-refractivity contribution < 1.29 is 9.47 Å². The molecule has 0 saturated heterocycles. The molecule has 0 radical (unpaired) electrons. The summed E-state index contributed by atoms with van der Waals surface area (Å²) in [5.74, 6) is 2.00. The lowest BCUT2D eigenvalue weighted by Crippen LogP contribution is -2.19. The van der Waals surface area contributed by atoms with Crippen LogP contribution in [0.4, 0.5) is 0 Å². The van der Waals surface area contributed by atoms with Crippen molar-refractivity contribution in [2.45, 2.75) is 25.3 Å². The number of ether oxygens (including phenoxy) is 2. The molecule has 3 heteroatoms. The van der Waals surface area contributed by atoms with Gasteiger partial charge in [-0.25, -0.2) is 0 Å². The third-order valence-corrected chi connectivity index (χ3v) is 3.92. The van der Waals surface area contributed by atoms with Crippen LogP contribution in [0.25, 0.3) is 0 Å². The van der Waals surface area contributed by atoms with E-state index in [2.05, 4.69) is 19.1 Å². The van der Waals surface area contributed by atoms with E-state index in [0.29, 0.717) is 0 Å². The Morgan fingerprint density at radius 3 is 1.62 bits per heavy atom. The fraction of sp³-hybridized carbons (Fsp3) is 0.333. The van der Waals surface area contributed by atoms with Gasteiger partial charge in [-0.15, -0.1) is 0 Å². The van der Waals surface area contributed by atoms with Gasteiger partial charge in [0.25, 0.3) is 0 Å². The van der Waals surface area contributed by atoms with Gasteiger partial charge in [-0.05, 0) is 41.8 Å². The number of methoxy groups -OCH3 is 2. The van der Waals surface area contributed by atoms with Gasteiger partial charge < -0.3 is 15.2 Å². The van der Waals surface area contributed by atoms with Crippen molar-refractivity contribution in [1.82, 2.24) is 0 Å². The minimum absolute atomic E-state index is 0.0331. The van der Waals surface area contributed by atoms with Gasteiger partial charge in [0.2, 0.25) is 0 Å². The van der Waals surface area contributed by atoms with Crippen LogP contribution < -0.4 is 15.2 Å². The molecule has 2 N–H and O–H groups in total. The zero-order valence-electron chi connectivity index (χ0n) is 12.9. The van der Waals surface area contributed by atoms with Crippen molar-refractivity contribution >= 4 is 0 Å². The molecular formula is C18H23NO2. The highest BCUT2D eigenvalue weighted by Crippen LogP contribution is 2.33. The summed E-state index contributed by atoms with van der Waals surface area (Å²) in [6, 6.07) is 16.1. The molecule has 3 nitrogen and oxygen atoms in total. The fourth-order valence-corrected chi connectivity index (χ4v) is 2.61. The summed E-state index contributed by atoms with van der Waals surface area (Å²) in [6.07, 6.45) is 0.986. The summed E-state index contributed by atoms with van der Waals surface area (Å²) < 4.78 is 10.4. The molecule has 0 bridgehead atoms. The topological polar surface area (TPSA) is 44.5 Å². The highest BCUT2D eigenvalue weighted by molar-refractivity contribution is 5.34. The molecule has 0 heterocycles. The summed E-state index contributed by atoms with van der Waals surface area (Å²) in [5, 5.41) is 0. The quantitative estimate of drug-likeness (QED) is 0.875. The molecule has 0 aliphatic rings. The highest BCUT2D eigenvalue weighted by atomic mass is 16.5. The van der Waals surface area contributed by atoms with E-state index in [1.54, 1.807) is 14.2 Å². The lowest BCUT2D eigenvalue weighted by Gasteiger charge is -2.24. The van der Waals surface area contributed by atoms with Crippen LogP contribution in [0, 0.1) is 0 Å². The Morgan fingerprint density at radius 1 is 0.810 bits per heavy atom. The molecule has 0 aromatic heterocycles. The Kier molecular flexibility index (Phi) is 5.23. The molecule has 112 valence electrons. The maximum absolute atomic E-state index is 6.47. The lowest BCUT2D eigenvalue weighted by molar-refractivity contribution is 0.413. The maximum atomic E-state index is 6.47. The third kappa shape index (κ3) is 3.56. The Morgan fingerprint density at radius 2 is 1.24 bits per heavy atom. The second-order valence-corrected chi connectivity index (χ2v) is 5.09. The minimum atomic E-state index is -0.0331. The SMILES string of the molecule is CC[C@H](c1ccc(OC)cc1)[C@@H](N)c1ccc(OC)cc1. The van der Waals surface area contributed by atoms with Crippen LogP contribution in [-0.2, 0) is 0 Å². The molecule has 0 spiro atoms. The van der Waals surface area contributed by atoms with Gasteiger partial charge in [0.05, 0.1) is 14.2 Å². The Bertz CT molecular complexity index is 548. The monoisotopic (exact) mass is 285 g/mol. The van der Waals surface area contributed by atoms with Crippen molar-refractivity contribution in [3.8, 4) is 11.5 Å². The molecule has 2 aromatic carbocycles. The van der Waals surface area contributed by atoms with Gasteiger partial charge in [-0.3, -0.25) is 0 Å². The zero-order chi connectivity index (χ0) is 15.2. The normalized spacial score (nSPS) is 13.5. The summed E-state index contributed by atoms with van der Waals surface area (Å²) in [6.45, 7) is 2.16. The maximum Gasteiger partial charge on any atom is 0.118 e. The van der Waals surface area contributed by atoms with E-state index in [9.17, 15) is 0 Å². The molecule has 0 aliphatic heterocycles. The zero-order valence-corrected chi connectivity index (χ0v) is 12.9. The van der Waals surface area contributed by atoms with Gasteiger partial charge in [0.1, 0.15) is 11.5 Å². The van der Waals surface area contributed by atoms with Crippen LogP contribution in [0.3, 0.4) is 0 Å². The van der Waals surface area contributed by atoms with Crippen LogP contribution in [-0.4, -0.2) is 14.2 Å². The second kappa shape index (κ2) is 7.14. The first-order valence-electron chi connectivity index (χ1n) is 7.23. The number of hydrogen-bond acceptors (Lipinski definition) is 3. The molecule has 2 rings (SSSR count). The molecule has 21 heavy (non-hydrogen) atoms. The third-order valence-electron chi connectivity index (χ3n) is 3.92. The number of hydrogen-bond donors (Lipinski definition) is 1. The van der Waals surface area contributed by atoms with E-state index in [1.165, 1.54) is 5.56 Å². The molecule has 0 unspecified atom stereocenters. The largest absolute Gasteiger partial charge is 0.497 e. The molecular weight excluding hydrogens is 262 g/mol. The molecule has 0 saturated carbocycles. The van der Waals surface area contributed by atoms with Crippen molar-refractivity contribution in [3.05, 3.63) is 59.7 Å². The lowest BCUT2D eigenvalue weighted by atomic mass is 9.86. The van der Waals surface area contributed by atoms with Gasteiger partial charge in [0.15, 0.2) is 0 Å². The fourth-order valence-electron chi connectivity index (χ4n) is 2.61. The van der Waals surface area contributed by atoms with E-state index >= 15 is 0 Å². The van der Waals surface area contributed by atoms with Gasteiger partial charge in [-0.2, -0.15) is 0 Å². The number of benzene rings is 2. The second-order valence-electron chi connectivity index (χ2n) is 5.09. The molecule has 2 aromatic rings. The standard InChI is InChI=1S/C18H23NO2/c1-4-17(13-5-9-15(20-2)10-6-13)18(19)14-7-11-16(21-3)12-8-14/h5-12,17-18H,4,19H2,1-3H3/t17-,18+/m1/s1. The first-order valence-corrected chi connectivity index (χ1v) is 7.23. The highest BCUT2D eigenvalue weighted by Gasteiger charge is 2.19. The van der Waals surface area contributed by atoms with Crippen LogP contribution in [0.1, 0.15) is 36.4 Å². The molecule has 2 atom stereocenters. The number of nitrogens with two attached hydrogens (primary N) is 1. The van der Waals surface area contributed by atoms with Gasteiger partial charge in [-0.1, -0.05) is 31.2 Å². The average molecular weight is 285 g/mol. The summed E-state index contributed by atoms with van der Waals surface area (Å²) in [7, 11) is 3.34. The van der Waals surface area contributed by atoms with Crippen LogP contribution in [0.2, 0.25) is 0 Å². The smallest absolute Gasteiger partial charge is 0.118 e. The van der Waals surface area contributed by atoms with Crippen molar-refractivity contribution in [2.24, 2.45) is 5.73 Å². The van der Waals surface area contributed by atoms with Crippen LogP contribution >= 0.6 is 0 Å². The predicted octanol–water partition coefficient (Wildman–Crippen LogP) is 3.90. The van der Waals surface area contributed by atoms with Crippen LogP contribution in [0.15, 0.2) is 48.5 Å². The van der Waals surface area contributed by atoms with Crippen molar-refractivity contribution in [1.29, 1.82) is 0 Å². The molecule has 0 aliphatic carbocycles. The van der Waals surface area contributed by atoms with Crippen molar-refractivity contribution in [3.63, 3.8) is 0 Å². The first kappa shape index (κ1) is 15.4. The van der Waals surface area contributed by atoms with Crippen molar-refractivity contribution in [2.75, 3.05) is 14.2 Å². The number of rotatable bonds is 6. The Labute approximate surface area is 126 Å². The Balaban J connectivity index is 2.21. The molecule has 0 amide bonds. The van der Waals surface area contributed by atoms with E-state index < -0.39 is 0 Å². The first-order chi connectivity index (χ1) is 10.2. The summed E-state index contributed by atoms with van der Waals surface area (Å²) >= 11 is 0. The van der Waals surface area contributed by atoms with E-state index in [1.807, 2.05) is 36.4 Å². The average Bonchev–Trinajstić information content (AvgIpc) is 2.56. The summed E-state index contributed by atoms with van der Waals surface area (Å²) in [5.41, 5.74) is 8.83. The minimum Gasteiger partial charge on any atom is -0.497 e. The van der Waals surface area contributed by atoms with E-state index in [0.717, 1.165) is 23.5 Å². The molecule has 0 fully saturated rings.